The summed E-state index contributed by atoms with van der Waals surface area (Å²) in [6.07, 6.45) is 0. The maximum atomic E-state index is 5.98. The molecule has 3 rings (SSSR count). The van der Waals surface area contributed by atoms with Gasteiger partial charge in [-0.25, -0.2) is 4.98 Å². The summed E-state index contributed by atoms with van der Waals surface area (Å²) in [5.41, 5.74) is 9.38. The molecule has 0 amide bonds. The lowest BCUT2D eigenvalue weighted by Crippen LogP contribution is -1.92. The minimum absolute atomic E-state index is 0.593. The molecule has 2 N–H and O–H groups in total. The summed E-state index contributed by atoms with van der Waals surface area (Å²) in [7, 11) is 4.84. The fourth-order valence-corrected chi connectivity index (χ4v) is 3.23. The van der Waals surface area contributed by atoms with Gasteiger partial charge in [0.1, 0.15) is 10.8 Å². The molecule has 6 heteroatoms. The second-order valence-electron chi connectivity index (χ2n) is 5.06. The third kappa shape index (κ3) is 3.00. The highest BCUT2D eigenvalue weighted by Gasteiger charge is 2.11. The first-order valence-electron chi connectivity index (χ1n) is 7.28. The summed E-state index contributed by atoms with van der Waals surface area (Å²) in [5.74, 6) is 2.04. The van der Waals surface area contributed by atoms with Crippen LogP contribution in [-0.2, 0) is 0 Å². The fraction of sp³-hybridized carbons (Fsp3) is 0.167. The molecule has 0 radical (unpaired) electrons. The molecule has 0 fully saturated rings. The Balaban J connectivity index is 1.95. The Morgan fingerprint density at radius 3 is 2.17 bits per heavy atom. The molecule has 5 nitrogen and oxygen atoms in total. The van der Waals surface area contributed by atoms with Crippen molar-refractivity contribution in [1.82, 2.24) is 4.98 Å². The van der Waals surface area contributed by atoms with Crippen LogP contribution in [0.25, 0.3) is 21.8 Å². The summed E-state index contributed by atoms with van der Waals surface area (Å²) in [4.78, 5) is 4.70. The second kappa shape index (κ2) is 6.80. The molecular formula is C18H18N2O3S. The maximum Gasteiger partial charge on any atom is 0.161 e. The lowest BCUT2D eigenvalue weighted by molar-refractivity contribution is 0.355. The number of methoxy groups -OCH3 is 3. The monoisotopic (exact) mass is 342 g/mol. The van der Waals surface area contributed by atoms with Gasteiger partial charge >= 0.3 is 0 Å². The highest BCUT2D eigenvalue weighted by atomic mass is 32.1. The van der Waals surface area contributed by atoms with Crippen molar-refractivity contribution >= 4 is 17.0 Å². The van der Waals surface area contributed by atoms with Crippen LogP contribution in [0.3, 0.4) is 0 Å². The van der Waals surface area contributed by atoms with Crippen LogP contribution in [-0.4, -0.2) is 26.3 Å². The normalized spacial score (nSPS) is 10.5. The SMILES string of the molecule is COc1ccc(-c2csc(-c3ccc(OC)c(OC)c3)n2)cc1N. The third-order valence-electron chi connectivity index (χ3n) is 3.66. The molecular weight excluding hydrogens is 324 g/mol. The Kier molecular flexibility index (Phi) is 4.57. The Labute approximate surface area is 144 Å². The fourth-order valence-electron chi connectivity index (χ4n) is 2.40. The summed E-state index contributed by atoms with van der Waals surface area (Å²) in [6.45, 7) is 0. The molecule has 0 unspecified atom stereocenters. The predicted octanol–water partition coefficient (Wildman–Crippen LogP) is 4.09. The standard InChI is InChI=1S/C18H18N2O3S/c1-21-15-6-4-11(8-13(15)19)14-10-24-18(20-14)12-5-7-16(22-2)17(9-12)23-3/h4-10H,19H2,1-3H3. The van der Waals surface area contributed by atoms with E-state index in [1.165, 1.54) is 0 Å². The number of ether oxygens (including phenoxy) is 3. The van der Waals surface area contributed by atoms with Crippen LogP contribution in [0.2, 0.25) is 0 Å². The number of nitrogens with two attached hydrogens (primary N) is 1. The summed E-state index contributed by atoms with van der Waals surface area (Å²) in [6, 6.07) is 11.4. The lowest BCUT2D eigenvalue weighted by Gasteiger charge is -2.08. The predicted molar refractivity (Wildman–Crippen MR) is 97.1 cm³/mol. The van der Waals surface area contributed by atoms with Gasteiger partial charge < -0.3 is 19.9 Å². The summed E-state index contributed by atoms with van der Waals surface area (Å²) < 4.78 is 15.8. The molecule has 24 heavy (non-hydrogen) atoms. The van der Waals surface area contributed by atoms with Crippen LogP contribution < -0.4 is 19.9 Å². The van der Waals surface area contributed by atoms with Crippen LogP contribution in [0.15, 0.2) is 41.8 Å². The highest BCUT2D eigenvalue weighted by molar-refractivity contribution is 7.13. The molecule has 1 heterocycles. The number of anilines is 1. The Hall–Kier alpha value is -2.73. The number of nitrogen functional groups attached to an aromatic ring is 1. The summed E-state index contributed by atoms with van der Waals surface area (Å²) in [5, 5.41) is 2.91. The van der Waals surface area contributed by atoms with Crippen molar-refractivity contribution in [2.24, 2.45) is 0 Å². The smallest absolute Gasteiger partial charge is 0.161 e. The molecule has 124 valence electrons. The van der Waals surface area contributed by atoms with Gasteiger partial charge in [-0.15, -0.1) is 11.3 Å². The van der Waals surface area contributed by atoms with E-state index >= 15 is 0 Å². The average molecular weight is 342 g/mol. The number of nitrogens with zero attached hydrogens (tertiary/aromatic N) is 1. The molecule has 0 spiro atoms. The van der Waals surface area contributed by atoms with Crippen molar-refractivity contribution in [2.45, 2.75) is 0 Å². The lowest BCUT2D eigenvalue weighted by atomic mass is 10.1. The van der Waals surface area contributed by atoms with E-state index in [0.29, 0.717) is 22.9 Å². The van der Waals surface area contributed by atoms with Gasteiger partial charge in [0.15, 0.2) is 11.5 Å². The van der Waals surface area contributed by atoms with E-state index in [1.807, 2.05) is 41.8 Å². The van der Waals surface area contributed by atoms with E-state index in [4.69, 9.17) is 24.9 Å². The molecule has 0 aliphatic heterocycles. The minimum Gasteiger partial charge on any atom is -0.495 e. The zero-order valence-electron chi connectivity index (χ0n) is 13.7. The van der Waals surface area contributed by atoms with Crippen molar-refractivity contribution in [1.29, 1.82) is 0 Å². The number of thiazole rings is 1. The molecule has 0 aliphatic rings. The van der Waals surface area contributed by atoms with Gasteiger partial charge in [0.05, 0.1) is 32.7 Å². The molecule has 0 aliphatic carbocycles. The minimum atomic E-state index is 0.593. The van der Waals surface area contributed by atoms with Gasteiger partial charge in [0, 0.05) is 16.5 Å². The number of hydrogen-bond donors (Lipinski definition) is 1. The number of hydrogen-bond acceptors (Lipinski definition) is 6. The molecule has 0 atom stereocenters. The van der Waals surface area contributed by atoms with Crippen molar-refractivity contribution in [3.05, 3.63) is 41.8 Å². The highest BCUT2D eigenvalue weighted by Crippen LogP contribution is 2.36. The largest absolute Gasteiger partial charge is 0.495 e. The van der Waals surface area contributed by atoms with E-state index in [0.717, 1.165) is 21.8 Å². The van der Waals surface area contributed by atoms with Crippen LogP contribution in [0.1, 0.15) is 0 Å². The maximum absolute atomic E-state index is 5.98. The van der Waals surface area contributed by atoms with Gasteiger partial charge in [-0.05, 0) is 36.4 Å². The second-order valence-corrected chi connectivity index (χ2v) is 5.92. The zero-order valence-corrected chi connectivity index (χ0v) is 14.5. The van der Waals surface area contributed by atoms with Crippen LogP contribution >= 0.6 is 11.3 Å². The molecule has 1 aromatic heterocycles. The van der Waals surface area contributed by atoms with Gasteiger partial charge in [0.2, 0.25) is 0 Å². The summed E-state index contributed by atoms with van der Waals surface area (Å²) >= 11 is 1.57. The van der Waals surface area contributed by atoms with Gasteiger partial charge in [0.25, 0.3) is 0 Å². The Bertz CT molecular complexity index is 861. The number of benzene rings is 2. The molecule has 0 saturated heterocycles. The first kappa shape index (κ1) is 16.1. The molecule has 2 aromatic carbocycles. The van der Waals surface area contributed by atoms with Crippen molar-refractivity contribution in [3.8, 4) is 39.1 Å². The quantitative estimate of drug-likeness (QED) is 0.708. The van der Waals surface area contributed by atoms with Gasteiger partial charge in [-0.2, -0.15) is 0 Å². The first-order chi connectivity index (χ1) is 11.7. The van der Waals surface area contributed by atoms with E-state index in [1.54, 1.807) is 32.7 Å². The number of aromatic nitrogens is 1. The molecule has 3 aromatic rings. The topological polar surface area (TPSA) is 66.6 Å². The Morgan fingerprint density at radius 2 is 1.50 bits per heavy atom. The van der Waals surface area contributed by atoms with E-state index in [-0.39, 0.29) is 0 Å². The zero-order chi connectivity index (χ0) is 17.1. The molecule has 0 saturated carbocycles. The van der Waals surface area contributed by atoms with E-state index < -0.39 is 0 Å². The third-order valence-corrected chi connectivity index (χ3v) is 4.55. The Morgan fingerprint density at radius 1 is 0.833 bits per heavy atom. The van der Waals surface area contributed by atoms with Crippen LogP contribution in [0.5, 0.6) is 17.2 Å². The van der Waals surface area contributed by atoms with E-state index in [9.17, 15) is 0 Å². The number of rotatable bonds is 5. The van der Waals surface area contributed by atoms with Crippen molar-refractivity contribution < 1.29 is 14.2 Å². The van der Waals surface area contributed by atoms with Gasteiger partial charge in [-0.1, -0.05) is 0 Å². The first-order valence-corrected chi connectivity index (χ1v) is 8.16. The van der Waals surface area contributed by atoms with E-state index in [2.05, 4.69) is 0 Å². The van der Waals surface area contributed by atoms with Crippen LogP contribution in [0.4, 0.5) is 5.69 Å². The van der Waals surface area contributed by atoms with Crippen LogP contribution in [0, 0.1) is 0 Å². The van der Waals surface area contributed by atoms with Gasteiger partial charge in [-0.3, -0.25) is 0 Å². The van der Waals surface area contributed by atoms with Crippen molar-refractivity contribution in [2.75, 3.05) is 27.1 Å². The average Bonchev–Trinajstić information content (AvgIpc) is 3.11. The van der Waals surface area contributed by atoms with Crippen molar-refractivity contribution in [3.63, 3.8) is 0 Å². The molecule has 0 bridgehead atoms.